The zero-order valence-corrected chi connectivity index (χ0v) is 18.3. The molecule has 6 nitrogen and oxygen atoms in total. The summed E-state index contributed by atoms with van der Waals surface area (Å²) < 4.78 is 32.3. The minimum Gasteiger partial charge on any atom is -0.464 e. The van der Waals surface area contributed by atoms with Crippen LogP contribution in [0.15, 0.2) is 77.7 Å². The van der Waals surface area contributed by atoms with Crippen molar-refractivity contribution < 1.29 is 22.8 Å². The number of halogens is 2. The Morgan fingerprint density at radius 2 is 1.76 bits per heavy atom. The number of amides is 3. The van der Waals surface area contributed by atoms with Crippen molar-refractivity contribution in [2.75, 3.05) is 18.4 Å². The van der Waals surface area contributed by atoms with Crippen LogP contribution in [-0.4, -0.2) is 34.8 Å². The molecule has 3 amide bonds. The molecule has 0 atom stereocenters. The molecule has 1 N–H and O–H groups in total. The topological polar surface area (TPSA) is 65.8 Å². The number of carbonyl (C=O) groups excluding carboxylic acids is 2. The highest BCUT2D eigenvalue weighted by atomic mass is 19.2. The predicted octanol–water partition coefficient (Wildman–Crippen LogP) is 5.12. The second kappa shape index (κ2) is 11.1. The number of carbonyl (C=O) groups is 2. The Bertz CT molecular complexity index is 1120. The van der Waals surface area contributed by atoms with Gasteiger partial charge in [0.25, 0.3) is 0 Å². The van der Waals surface area contributed by atoms with Gasteiger partial charge in [-0.15, -0.1) is 6.58 Å². The summed E-state index contributed by atoms with van der Waals surface area (Å²) >= 11 is 0. The lowest BCUT2D eigenvalue weighted by Crippen LogP contribution is -2.44. The van der Waals surface area contributed by atoms with Crippen LogP contribution in [0.4, 0.5) is 19.3 Å². The van der Waals surface area contributed by atoms with Crippen LogP contribution in [0.25, 0.3) is 0 Å². The first-order chi connectivity index (χ1) is 15.9. The molecular formula is C25H25F2N3O3. The molecule has 0 aliphatic heterocycles. The monoisotopic (exact) mass is 453 g/mol. The van der Waals surface area contributed by atoms with Crippen LogP contribution in [0.5, 0.6) is 0 Å². The SMILES string of the molecule is C=CCN(CC(=O)N(Cc1ccccc1)Cc1ccc(C)o1)C(=O)Nc1ccc(F)c(F)c1. The van der Waals surface area contributed by atoms with Gasteiger partial charge in [-0.3, -0.25) is 4.79 Å². The van der Waals surface area contributed by atoms with E-state index >= 15 is 0 Å². The number of urea groups is 1. The molecule has 0 spiro atoms. The van der Waals surface area contributed by atoms with E-state index in [2.05, 4.69) is 11.9 Å². The van der Waals surface area contributed by atoms with E-state index in [1.807, 2.05) is 43.3 Å². The predicted molar refractivity (Wildman–Crippen MR) is 121 cm³/mol. The van der Waals surface area contributed by atoms with Crippen LogP contribution in [0.2, 0.25) is 0 Å². The van der Waals surface area contributed by atoms with Crippen molar-refractivity contribution in [1.82, 2.24) is 9.80 Å². The van der Waals surface area contributed by atoms with Crippen LogP contribution in [0, 0.1) is 18.6 Å². The first-order valence-corrected chi connectivity index (χ1v) is 10.3. The lowest BCUT2D eigenvalue weighted by atomic mass is 10.2. The number of benzene rings is 2. The second-order valence-corrected chi connectivity index (χ2v) is 7.48. The molecule has 8 heteroatoms. The number of anilines is 1. The van der Waals surface area contributed by atoms with Crippen molar-refractivity contribution in [3.05, 3.63) is 102 Å². The number of aryl methyl sites for hydroxylation is 1. The molecule has 0 saturated carbocycles. The van der Waals surface area contributed by atoms with Gasteiger partial charge < -0.3 is 19.5 Å². The molecule has 0 radical (unpaired) electrons. The standard InChI is InChI=1S/C25H25F2N3O3/c1-3-13-29(25(32)28-20-10-12-22(26)23(27)14-20)17-24(31)30(15-19-7-5-4-6-8-19)16-21-11-9-18(2)33-21/h3-12,14H,1,13,15-17H2,2H3,(H,28,32). The molecule has 0 aliphatic carbocycles. The molecule has 0 aliphatic rings. The smallest absolute Gasteiger partial charge is 0.322 e. The number of furan rings is 1. The van der Waals surface area contributed by atoms with Gasteiger partial charge in [-0.2, -0.15) is 0 Å². The molecule has 1 aromatic heterocycles. The van der Waals surface area contributed by atoms with Gasteiger partial charge in [0.05, 0.1) is 6.54 Å². The number of nitrogens with one attached hydrogen (secondary N) is 1. The maximum Gasteiger partial charge on any atom is 0.322 e. The summed E-state index contributed by atoms with van der Waals surface area (Å²) in [5, 5.41) is 2.49. The molecule has 172 valence electrons. The summed E-state index contributed by atoms with van der Waals surface area (Å²) in [5.41, 5.74) is 1.00. The highest BCUT2D eigenvalue weighted by Crippen LogP contribution is 2.16. The lowest BCUT2D eigenvalue weighted by Gasteiger charge is -2.27. The van der Waals surface area contributed by atoms with Crippen molar-refractivity contribution in [2.24, 2.45) is 0 Å². The van der Waals surface area contributed by atoms with Crippen molar-refractivity contribution in [3.8, 4) is 0 Å². The summed E-state index contributed by atoms with van der Waals surface area (Å²) in [5.74, 6) is -1.05. The van der Waals surface area contributed by atoms with Crippen molar-refractivity contribution in [3.63, 3.8) is 0 Å². The van der Waals surface area contributed by atoms with Crippen molar-refractivity contribution in [2.45, 2.75) is 20.0 Å². The normalized spacial score (nSPS) is 10.5. The van der Waals surface area contributed by atoms with E-state index in [0.29, 0.717) is 12.3 Å². The third-order valence-electron chi connectivity index (χ3n) is 4.85. The highest BCUT2D eigenvalue weighted by molar-refractivity contribution is 5.92. The van der Waals surface area contributed by atoms with E-state index in [1.54, 1.807) is 11.0 Å². The summed E-state index contributed by atoms with van der Waals surface area (Å²) in [6.07, 6.45) is 1.48. The Morgan fingerprint density at radius 1 is 1.00 bits per heavy atom. The Balaban J connectivity index is 1.74. The second-order valence-electron chi connectivity index (χ2n) is 7.48. The average molecular weight is 453 g/mol. The maximum atomic E-state index is 13.5. The van der Waals surface area contributed by atoms with E-state index in [-0.39, 0.29) is 31.2 Å². The fourth-order valence-electron chi connectivity index (χ4n) is 3.21. The van der Waals surface area contributed by atoms with Crippen LogP contribution < -0.4 is 5.32 Å². The number of nitrogens with zero attached hydrogens (tertiary/aromatic N) is 2. The third kappa shape index (κ3) is 6.77. The molecule has 0 saturated heterocycles. The van der Waals surface area contributed by atoms with Gasteiger partial charge in [0.15, 0.2) is 11.6 Å². The third-order valence-corrected chi connectivity index (χ3v) is 4.85. The van der Waals surface area contributed by atoms with Gasteiger partial charge in [-0.1, -0.05) is 36.4 Å². The Labute approximate surface area is 191 Å². The minimum absolute atomic E-state index is 0.0765. The first-order valence-electron chi connectivity index (χ1n) is 10.3. The fraction of sp³-hybridized carbons (Fsp3) is 0.200. The highest BCUT2D eigenvalue weighted by Gasteiger charge is 2.22. The molecule has 0 unspecified atom stereocenters. The lowest BCUT2D eigenvalue weighted by molar-refractivity contribution is -0.133. The van der Waals surface area contributed by atoms with Crippen molar-refractivity contribution in [1.29, 1.82) is 0 Å². The Morgan fingerprint density at radius 3 is 2.39 bits per heavy atom. The van der Waals surface area contributed by atoms with Crippen LogP contribution in [0.3, 0.4) is 0 Å². The van der Waals surface area contributed by atoms with Crippen LogP contribution in [-0.2, 0) is 17.9 Å². The Hall–Kier alpha value is -3.94. The summed E-state index contributed by atoms with van der Waals surface area (Å²) in [6.45, 7) is 5.85. The van der Waals surface area contributed by atoms with Crippen LogP contribution in [0.1, 0.15) is 17.1 Å². The number of rotatable bonds is 9. The molecule has 3 aromatic rings. The summed E-state index contributed by atoms with van der Waals surface area (Å²) in [4.78, 5) is 28.8. The average Bonchev–Trinajstić information content (AvgIpc) is 3.20. The first kappa shape index (κ1) is 23.7. The largest absolute Gasteiger partial charge is 0.464 e. The van der Waals surface area contributed by atoms with E-state index in [9.17, 15) is 18.4 Å². The van der Waals surface area contributed by atoms with Gasteiger partial charge >= 0.3 is 6.03 Å². The van der Waals surface area contributed by atoms with Gasteiger partial charge in [0, 0.05) is 24.8 Å². The molecular weight excluding hydrogens is 428 g/mol. The molecule has 2 aromatic carbocycles. The molecule has 0 fully saturated rings. The van der Waals surface area contributed by atoms with Crippen molar-refractivity contribution >= 4 is 17.6 Å². The van der Waals surface area contributed by atoms with E-state index < -0.39 is 17.7 Å². The molecule has 3 rings (SSSR count). The van der Waals surface area contributed by atoms with E-state index in [0.717, 1.165) is 23.5 Å². The van der Waals surface area contributed by atoms with Gasteiger partial charge in [0.1, 0.15) is 18.1 Å². The zero-order chi connectivity index (χ0) is 23.8. The van der Waals surface area contributed by atoms with E-state index in [1.165, 1.54) is 17.0 Å². The van der Waals surface area contributed by atoms with Crippen LogP contribution >= 0.6 is 0 Å². The van der Waals surface area contributed by atoms with Gasteiger partial charge in [-0.05, 0) is 36.8 Å². The molecule has 33 heavy (non-hydrogen) atoms. The maximum absolute atomic E-state index is 13.5. The zero-order valence-electron chi connectivity index (χ0n) is 18.3. The minimum atomic E-state index is -1.08. The van der Waals surface area contributed by atoms with Gasteiger partial charge in [-0.25, -0.2) is 13.6 Å². The Kier molecular flexibility index (Phi) is 7.96. The summed E-state index contributed by atoms with van der Waals surface area (Å²) in [7, 11) is 0. The molecule has 0 bridgehead atoms. The van der Waals surface area contributed by atoms with E-state index in [4.69, 9.17) is 4.42 Å². The number of hydrogen-bond acceptors (Lipinski definition) is 3. The molecule has 1 heterocycles. The summed E-state index contributed by atoms with van der Waals surface area (Å²) in [6, 6.07) is 15.5. The number of hydrogen-bond donors (Lipinski definition) is 1. The fourth-order valence-corrected chi connectivity index (χ4v) is 3.21. The van der Waals surface area contributed by atoms with Gasteiger partial charge in [0.2, 0.25) is 5.91 Å². The quantitative estimate of drug-likeness (QED) is 0.458.